The molecule has 28 heavy (non-hydrogen) atoms. The molecule has 0 radical (unpaired) electrons. The summed E-state index contributed by atoms with van der Waals surface area (Å²) in [4.78, 5) is 14.5. The Morgan fingerprint density at radius 2 is 1.79 bits per heavy atom. The van der Waals surface area contributed by atoms with E-state index in [1.807, 2.05) is 43.1 Å². The van der Waals surface area contributed by atoms with Crippen molar-refractivity contribution in [3.05, 3.63) is 77.4 Å². The number of nitrogens with zero attached hydrogens (tertiary/aromatic N) is 1. The van der Waals surface area contributed by atoms with E-state index >= 15 is 0 Å². The highest BCUT2D eigenvalue weighted by atomic mass is 16.5. The van der Waals surface area contributed by atoms with Crippen molar-refractivity contribution in [3.63, 3.8) is 0 Å². The van der Waals surface area contributed by atoms with E-state index in [1.165, 1.54) is 16.5 Å². The summed E-state index contributed by atoms with van der Waals surface area (Å²) in [5, 5.41) is 5.42. The molecule has 0 saturated carbocycles. The molecule has 0 aromatic heterocycles. The smallest absolute Gasteiger partial charge is 0.234 e. The Bertz CT molecular complexity index is 968. The number of hydrogen-bond acceptors (Lipinski definition) is 3. The van der Waals surface area contributed by atoms with Crippen LogP contribution in [-0.2, 0) is 11.3 Å². The molecule has 0 spiro atoms. The van der Waals surface area contributed by atoms with Gasteiger partial charge in [-0.1, -0.05) is 42.5 Å². The summed E-state index contributed by atoms with van der Waals surface area (Å²) >= 11 is 0. The molecule has 3 rings (SSSR count). The number of ether oxygens (including phenoxy) is 1. The molecule has 0 saturated heterocycles. The minimum atomic E-state index is -0.00208. The molecule has 4 nitrogen and oxygen atoms in total. The predicted molar refractivity (Wildman–Crippen MR) is 115 cm³/mol. The molecule has 0 aliphatic rings. The van der Waals surface area contributed by atoms with Crippen LogP contribution in [0.2, 0.25) is 0 Å². The Hall–Kier alpha value is -2.85. The zero-order valence-corrected chi connectivity index (χ0v) is 17.0. The van der Waals surface area contributed by atoms with E-state index in [-0.39, 0.29) is 11.9 Å². The molecule has 3 aromatic carbocycles. The van der Waals surface area contributed by atoms with Crippen LogP contribution < -0.4 is 10.1 Å². The topological polar surface area (TPSA) is 41.6 Å². The van der Waals surface area contributed by atoms with Gasteiger partial charge >= 0.3 is 0 Å². The van der Waals surface area contributed by atoms with Crippen molar-refractivity contribution < 1.29 is 9.53 Å². The van der Waals surface area contributed by atoms with Crippen LogP contribution in [0.25, 0.3) is 10.8 Å². The number of fused-ring (bicyclic) bond motifs is 1. The molecule has 3 aromatic rings. The van der Waals surface area contributed by atoms with Gasteiger partial charge in [0.15, 0.2) is 0 Å². The van der Waals surface area contributed by atoms with Crippen molar-refractivity contribution in [3.8, 4) is 5.75 Å². The molecule has 4 heteroatoms. The van der Waals surface area contributed by atoms with E-state index in [0.717, 1.165) is 16.7 Å². The average Bonchev–Trinajstić information content (AvgIpc) is 2.67. The van der Waals surface area contributed by atoms with E-state index in [0.29, 0.717) is 13.1 Å². The standard InChI is InChI=1S/C24H28N2O2/c1-17-7-5-6-8-23(17)18(2)25-24(27)16-26(3)15-19-9-10-21-14-22(28-4)12-11-20(21)13-19/h5-14,18H,15-16H2,1-4H3,(H,25,27)/t18-/m1/s1. The van der Waals surface area contributed by atoms with Gasteiger partial charge in [0.1, 0.15) is 5.75 Å². The zero-order chi connectivity index (χ0) is 20.1. The van der Waals surface area contributed by atoms with Crippen molar-refractivity contribution in [2.45, 2.75) is 26.4 Å². The molecule has 0 aliphatic carbocycles. The van der Waals surface area contributed by atoms with Crippen LogP contribution in [0.4, 0.5) is 0 Å². The molecule has 1 atom stereocenters. The average molecular weight is 377 g/mol. The molecule has 0 bridgehead atoms. The molecule has 0 fully saturated rings. The minimum absolute atomic E-state index is 0.00208. The first kappa shape index (κ1) is 19.9. The van der Waals surface area contributed by atoms with Gasteiger partial charge in [0.25, 0.3) is 0 Å². The van der Waals surface area contributed by atoms with Crippen molar-refractivity contribution in [2.24, 2.45) is 0 Å². The van der Waals surface area contributed by atoms with Crippen LogP contribution in [-0.4, -0.2) is 31.5 Å². The van der Waals surface area contributed by atoms with Crippen LogP contribution in [0.1, 0.15) is 29.7 Å². The van der Waals surface area contributed by atoms with Crippen molar-refractivity contribution in [1.82, 2.24) is 10.2 Å². The third-order valence-corrected chi connectivity index (χ3v) is 5.01. The zero-order valence-electron chi connectivity index (χ0n) is 17.0. The number of amides is 1. The molecule has 146 valence electrons. The number of hydrogen-bond donors (Lipinski definition) is 1. The fourth-order valence-electron chi connectivity index (χ4n) is 3.55. The Kier molecular flexibility index (Phi) is 6.32. The summed E-state index contributed by atoms with van der Waals surface area (Å²) in [5.74, 6) is 0.889. The van der Waals surface area contributed by atoms with Gasteiger partial charge in [-0.3, -0.25) is 9.69 Å². The van der Waals surface area contributed by atoms with Gasteiger partial charge in [-0.2, -0.15) is 0 Å². The van der Waals surface area contributed by atoms with Crippen LogP contribution in [0, 0.1) is 6.92 Å². The molecule has 1 amide bonds. The van der Waals surface area contributed by atoms with Crippen LogP contribution in [0.15, 0.2) is 60.7 Å². The second-order valence-electron chi connectivity index (χ2n) is 7.37. The maximum Gasteiger partial charge on any atom is 0.234 e. The number of likely N-dealkylation sites (N-methyl/N-ethyl adjacent to an activating group) is 1. The highest BCUT2D eigenvalue weighted by Crippen LogP contribution is 2.22. The Morgan fingerprint density at radius 3 is 2.54 bits per heavy atom. The second kappa shape index (κ2) is 8.89. The summed E-state index contributed by atoms with van der Waals surface area (Å²) in [6.45, 7) is 5.17. The van der Waals surface area contributed by atoms with Gasteiger partial charge < -0.3 is 10.1 Å². The summed E-state index contributed by atoms with van der Waals surface area (Å²) < 4.78 is 5.28. The van der Waals surface area contributed by atoms with Gasteiger partial charge in [-0.05, 0) is 66.6 Å². The van der Waals surface area contributed by atoms with E-state index in [4.69, 9.17) is 4.74 Å². The lowest BCUT2D eigenvalue weighted by Gasteiger charge is -2.20. The molecule has 0 unspecified atom stereocenters. The highest BCUT2D eigenvalue weighted by molar-refractivity contribution is 5.84. The quantitative estimate of drug-likeness (QED) is 0.662. The Labute approximate surface area is 167 Å². The number of rotatable bonds is 7. The summed E-state index contributed by atoms with van der Waals surface area (Å²) in [5.41, 5.74) is 3.53. The third kappa shape index (κ3) is 4.90. The van der Waals surface area contributed by atoms with Gasteiger partial charge in [0.2, 0.25) is 5.91 Å². The third-order valence-electron chi connectivity index (χ3n) is 5.01. The lowest BCUT2D eigenvalue weighted by molar-refractivity contribution is -0.122. The Morgan fingerprint density at radius 1 is 1.07 bits per heavy atom. The van der Waals surface area contributed by atoms with Gasteiger partial charge in [-0.25, -0.2) is 0 Å². The lowest BCUT2D eigenvalue weighted by Crippen LogP contribution is -2.36. The number of benzene rings is 3. The normalized spacial score (nSPS) is 12.2. The second-order valence-corrected chi connectivity index (χ2v) is 7.37. The number of nitrogens with one attached hydrogen (secondary N) is 1. The van der Waals surface area contributed by atoms with Crippen LogP contribution in [0.5, 0.6) is 5.75 Å². The van der Waals surface area contributed by atoms with Crippen molar-refractivity contribution in [1.29, 1.82) is 0 Å². The van der Waals surface area contributed by atoms with E-state index in [9.17, 15) is 4.79 Å². The van der Waals surface area contributed by atoms with Gasteiger partial charge in [0, 0.05) is 6.54 Å². The summed E-state index contributed by atoms with van der Waals surface area (Å²) in [7, 11) is 3.64. The van der Waals surface area contributed by atoms with E-state index < -0.39 is 0 Å². The van der Waals surface area contributed by atoms with Crippen molar-refractivity contribution in [2.75, 3.05) is 20.7 Å². The SMILES string of the molecule is COc1ccc2cc(CN(C)CC(=O)N[C@H](C)c3ccccc3C)ccc2c1. The molecule has 0 aliphatic heterocycles. The number of methoxy groups -OCH3 is 1. The minimum Gasteiger partial charge on any atom is -0.497 e. The predicted octanol–water partition coefficient (Wildman–Crippen LogP) is 4.47. The maximum atomic E-state index is 12.5. The first-order valence-electron chi connectivity index (χ1n) is 9.56. The molecule has 0 heterocycles. The summed E-state index contributed by atoms with van der Waals surface area (Å²) in [6, 6.07) is 20.6. The van der Waals surface area contributed by atoms with Crippen molar-refractivity contribution >= 4 is 16.7 Å². The largest absolute Gasteiger partial charge is 0.497 e. The molecular weight excluding hydrogens is 348 g/mol. The Balaban J connectivity index is 1.58. The fraction of sp³-hybridized carbons (Fsp3) is 0.292. The first-order valence-corrected chi connectivity index (χ1v) is 9.56. The fourth-order valence-corrected chi connectivity index (χ4v) is 3.55. The number of aryl methyl sites for hydroxylation is 1. The van der Waals surface area contributed by atoms with E-state index in [2.05, 4.69) is 48.6 Å². The first-order chi connectivity index (χ1) is 13.5. The van der Waals surface area contributed by atoms with Crippen LogP contribution in [0.3, 0.4) is 0 Å². The number of carbonyl (C=O) groups is 1. The monoisotopic (exact) mass is 376 g/mol. The maximum absolute atomic E-state index is 12.5. The molecular formula is C24H28N2O2. The van der Waals surface area contributed by atoms with E-state index in [1.54, 1.807) is 7.11 Å². The summed E-state index contributed by atoms with van der Waals surface area (Å²) in [6.07, 6.45) is 0. The molecule has 1 N–H and O–H groups in total. The van der Waals surface area contributed by atoms with Gasteiger partial charge in [0.05, 0.1) is 19.7 Å². The van der Waals surface area contributed by atoms with Gasteiger partial charge in [-0.15, -0.1) is 0 Å². The van der Waals surface area contributed by atoms with Crippen LogP contribution >= 0.6 is 0 Å². The number of carbonyl (C=O) groups excluding carboxylic acids is 1. The lowest BCUT2D eigenvalue weighted by atomic mass is 10.0. The highest BCUT2D eigenvalue weighted by Gasteiger charge is 2.13.